The summed E-state index contributed by atoms with van der Waals surface area (Å²) in [5.41, 5.74) is 1.75. The number of rotatable bonds is 6. The summed E-state index contributed by atoms with van der Waals surface area (Å²) >= 11 is 7.55. The van der Waals surface area contributed by atoms with Crippen molar-refractivity contribution in [2.24, 2.45) is 0 Å². The molecule has 4 nitrogen and oxygen atoms in total. The van der Waals surface area contributed by atoms with Crippen LogP contribution in [-0.4, -0.2) is 24.2 Å². The van der Waals surface area contributed by atoms with Crippen LogP contribution in [0.2, 0.25) is 5.02 Å². The van der Waals surface area contributed by atoms with Crippen LogP contribution < -0.4 is 10.6 Å². The Balaban J connectivity index is 1.63. The highest BCUT2D eigenvalue weighted by molar-refractivity contribution is 7.98. The Hall–Kier alpha value is -1.98. The summed E-state index contributed by atoms with van der Waals surface area (Å²) < 4.78 is 0. The maximum atomic E-state index is 11.9. The first-order valence-corrected chi connectivity index (χ1v) is 8.69. The Kier molecular flexibility index (Phi) is 6.97. The lowest BCUT2D eigenvalue weighted by molar-refractivity contribution is 0.0975. The maximum Gasteiger partial charge on any atom is 0.257 e. The smallest absolute Gasteiger partial charge is 0.257 e. The van der Waals surface area contributed by atoms with Gasteiger partial charge in [-0.1, -0.05) is 41.9 Å². The highest BCUT2D eigenvalue weighted by atomic mass is 35.5. The van der Waals surface area contributed by atoms with Gasteiger partial charge in [0.05, 0.1) is 0 Å². The molecule has 2 aromatic rings. The summed E-state index contributed by atoms with van der Waals surface area (Å²) in [6.07, 6.45) is 0. The highest BCUT2D eigenvalue weighted by Gasteiger charge is 2.07. The zero-order chi connectivity index (χ0) is 16.5. The zero-order valence-corrected chi connectivity index (χ0v) is 14.1. The quantitative estimate of drug-likeness (QED) is 0.425. The second kappa shape index (κ2) is 9.22. The molecule has 0 aromatic heterocycles. The topological polar surface area (TPSA) is 65.0 Å². The molecule has 0 saturated carbocycles. The minimum Gasteiger partial charge on any atom is -0.355 e. The van der Waals surface area contributed by atoms with Crippen LogP contribution >= 0.6 is 23.4 Å². The first-order chi connectivity index (χ1) is 11.1. The second-order valence-electron chi connectivity index (χ2n) is 4.80. The minimum absolute atomic E-state index is 0.00487. The van der Waals surface area contributed by atoms with Gasteiger partial charge in [0.2, 0.25) is 0 Å². The molecule has 0 unspecified atom stereocenters. The van der Waals surface area contributed by atoms with Gasteiger partial charge in [-0.15, -0.1) is 0 Å². The summed E-state index contributed by atoms with van der Waals surface area (Å²) in [5.74, 6) is 1.47. The SMILES string of the molecule is N=C(NCCSCc1ccccc1)NC(=O)c1ccc(Cl)cc1. The van der Waals surface area contributed by atoms with Gasteiger partial charge in [0.15, 0.2) is 5.96 Å². The average Bonchev–Trinajstić information content (AvgIpc) is 2.56. The van der Waals surface area contributed by atoms with Crippen molar-refractivity contribution in [3.63, 3.8) is 0 Å². The van der Waals surface area contributed by atoms with E-state index in [1.54, 1.807) is 36.0 Å². The molecule has 6 heteroatoms. The number of guanidine groups is 1. The van der Waals surface area contributed by atoms with E-state index in [0.717, 1.165) is 11.5 Å². The molecule has 0 spiro atoms. The molecule has 0 fully saturated rings. The van der Waals surface area contributed by atoms with Crippen molar-refractivity contribution < 1.29 is 4.79 Å². The number of hydrogen-bond donors (Lipinski definition) is 3. The summed E-state index contributed by atoms with van der Waals surface area (Å²) in [4.78, 5) is 11.9. The molecule has 0 aliphatic rings. The molecule has 0 heterocycles. The number of thioether (sulfide) groups is 1. The van der Waals surface area contributed by atoms with Gasteiger partial charge in [-0.3, -0.25) is 15.5 Å². The summed E-state index contributed by atoms with van der Waals surface area (Å²) in [5, 5.41) is 13.7. The lowest BCUT2D eigenvalue weighted by Crippen LogP contribution is -2.41. The first kappa shape index (κ1) is 17.4. The molecule has 0 radical (unpaired) electrons. The molecular weight excluding hydrogens is 330 g/mol. The van der Waals surface area contributed by atoms with Crippen LogP contribution in [-0.2, 0) is 5.75 Å². The van der Waals surface area contributed by atoms with E-state index in [9.17, 15) is 4.79 Å². The molecule has 1 amide bonds. The van der Waals surface area contributed by atoms with E-state index in [0.29, 0.717) is 17.1 Å². The monoisotopic (exact) mass is 347 g/mol. The predicted octanol–water partition coefficient (Wildman–Crippen LogP) is 3.53. The van der Waals surface area contributed by atoms with Crippen LogP contribution in [0.15, 0.2) is 54.6 Å². The van der Waals surface area contributed by atoms with Crippen molar-refractivity contribution >= 4 is 35.2 Å². The number of carbonyl (C=O) groups is 1. The Morgan fingerprint density at radius 3 is 2.48 bits per heavy atom. The molecule has 2 aromatic carbocycles. The van der Waals surface area contributed by atoms with Gasteiger partial charge in [0, 0.05) is 28.6 Å². The van der Waals surface area contributed by atoms with Crippen LogP contribution in [0.3, 0.4) is 0 Å². The van der Waals surface area contributed by atoms with E-state index in [4.69, 9.17) is 17.0 Å². The fraction of sp³-hybridized carbons (Fsp3) is 0.176. The fourth-order valence-electron chi connectivity index (χ4n) is 1.84. The van der Waals surface area contributed by atoms with E-state index in [-0.39, 0.29) is 11.9 Å². The summed E-state index contributed by atoms with van der Waals surface area (Å²) in [7, 11) is 0. The lowest BCUT2D eigenvalue weighted by atomic mass is 10.2. The lowest BCUT2D eigenvalue weighted by Gasteiger charge is -2.09. The third-order valence-corrected chi connectivity index (χ3v) is 4.29. The predicted molar refractivity (Wildman–Crippen MR) is 97.3 cm³/mol. The number of hydrogen-bond acceptors (Lipinski definition) is 3. The Morgan fingerprint density at radius 1 is 1.09 bits per heavy atom. The number of benzene rings is 2. The van der Waals surface area contributed by atoms with Gasteiger partial charge in [0.25, 0.3) is 5.91 Å². The highest BCUT2D eigenvalue weighted by Crippen LogP contribution is 2.11. The van der Waals surface area contributed by atoms with Crippen LogP contribution in [0.4, 0.5) is 0 Å². The minimum atomic E-state index is -0.323. The van der Waals surface area contributed by atoms with Crippen LogP contribution in [0.5, 0.6) is 0 Å². The molecular formula is C17H18ClN3OS. The Morgan fingerprint density at radius 2 is 1.78 bits per heavy atom. The molecule has 3 N–H and O–H groups in total. The number of amides is 1. The molecule has 23 heavy (non-hydrogen) atoms. The zero-order valence-electron chi connectivity index (χ0n) is 12.5. The van der Waals surface area contributed by atoms with Crippen LogP contribution in [0.25, 0.3) is 0 Å². The number of halogens is 1. The van der Waals surface area contributed by atoms with Crippen molar-refractivity contribution in [1.82, 2.24) is 10.6 Å². The number of carbonyl (C=O) groups excluding carboxylic acids is 1. The third kappa shape index (κ3) is 6.34. The van der Waals surface area contributed by atoms with E-state index < -0.39 is 0 Å². The second-order valence-corrected chi connectivity index (χ2v) is 6.34. The van der Waals surface area contributed by atoms with Gasteiger partial charge in [-0.05, 0) is 29.8 Å². The van der Waals surface area contributed by atoms with Crippen LogP contribution in [0.1, 0.15) is 15.9 Å². The van der Waals surface area contributed by atoms with Gasteiger partial charge < -0.3 is 5.32 Å². The molecule has 0 bridgehead atoms. The molecule has 0 atom stereocenters. The summed E-state index contributed by atoms with van der Waals surface area (Å²) in [6, 6.07) is 16.8. The normalized spacial score (nSPS) is 10.1. The maximum absolute atomic E-state index is 11.9. The van der Waals surface area contributed by atoms with Gasteiger partial charge in [-0.2, -0.15) is 11.8 Å². The van der Waals surface area contributed by atoms with Crippen molar-refractivity contribution in [2.75, 3.05) is 12.3 Å². The van der Waals surface area contributed by atoms with Crippen molar-refractivity contribution in [3.05, 3.63) is 70.7 Å². The van der Waals surface area contributed by atoms with E-state index in [1.807, 2.05) is 18.2 Å². The van der Waals surface area contributed by atoms with Crippen molar-refractivity contribution in [1.29, 1.82) is 5.41 Å². The molecule has 0 saturated heterocycles. The van der Waals surface area contributed by atoms with Crippen molar-refractivity contribution in [2.45, 2.75) is 5.75 Å². The van der Waals surface area contributed by atoms with Gasteiger partial charge in [-0.25, -0.2) is 0 Å². The molecule has 2 rings (SSSR count). The van der Waals surface area contributed by atoms with Crippen LogP contribution in [0, 0.1) is 5.41 Å². The van der Waals surface area contributed by atoms with E-state index >= 15 is 0 Å². The Labute approximate surface area is 145 Å². The van der Waals surface area contributed by atoms with Gasteiger partial charge in [0.1, 0.15) is 0 Å². The summed E-state index contributed by atoms with van der Waals surface area (Å²) in [6.45, 7) is 0.622. The third-order valence-electron chi connectivity index (χ3n) is 3.00. The number of nitrogens with one attached hydrogen (secondary N) is 3. The van der Waals surface area contributed by atoms with Gasteiger partial charge >= 0.3 is 0 Å². The largest absolute Gasteiger partial charge is 0.355 e. The average molecular weight is 348 g/mol. The Bertz CT molecular complexity index is 647. The fourth-order valence-corrected chi connectivity index (χ4v) is 2.79. The molecule has 0 aliphatic carbocycles. The molecule has 120 valence electrons. The van der Waals surface area contributed by atoms with E-state index in [2.05, 4.69) is 22.8 Å². The standard InChI is InChI=1S/C17H18ClN3OS/c18-15-8-6-14(7-9-15)16(22)21-17(19)20-10-11-23-12-13-4-2-1-3-5-13/h1-9H,10-12H2,(H3,19,20,21,22). The molecule has 0 aliphatic heterocycles. The van der Waals surface area contributed by atoms with E-state index in [1.165, 1.54) is 5.56 Å². The van der Waals surface area contributed by atoms with Crippen molar-refractivity contribution in [3.8, 4) is 0 Å². The first-order valence-electron chi connectivity index (χ1n) is 7.16.